The molecule has 0 bridgehead atoms. The van der Waals surface area contributed by atoms with Crippen LogP contribution in [0.1, 0.15) is 20.3 Å². The SMILES string of the molecule is CCNC(=NCC1CCN(CC(F)(F)F)C1)NC(C)COC.I. The van der Waals surface area contributed by atoms with E-state index in [1.165, 1.54) is 4.90 Å². The van der Waals surface area contributed by atoms with E-state index in [-0.39, 0.29) is 35.9 Å². The second-order valence-electron chi connectivity index (χ2n) is 5.73. The van der Waals surface area contributed by atoms with Gasteiger partial charge in [-0.15, -0.1) is 24.0 Å². The van der Waals surface area contributed by atoms with E-state index in [1.54, 1.807) is 7.11 Å². The summed E-state index contributed by atoms with van der Waals surface area (Å²) in [5.41, 5.74) is 0. The van der Waals surface area contributed by atoms with Gasteiger partial charge in [0.05, 0.1) is 13.2 Å². The maximum atomic E-state index is 12.4. The number of methoxy groups -OCH3 is 1. The summed E-state index contributed by atoms with van der Waals surface area (Å²) in [5.74, 6) is 0.858. The average Bonchev–Trinajstić information content (AvgIpc) is 2.82. The molecule has 2 atom stereocenters. The molecule has 1 fully saturated rings. The normalized spacial score (nSPS) is 21.0. The van der Waals surface area contributed by atoms with Crippen molar-refractivity contribution in [2.75, 3.05) is 46.4 Å². The van der Waals surface area contributed by atoms with Crippen LogP contribution in [-0.4, -0.2) is 69.5 Å². The molecule has 0 aromatic rings. The molecule has 0 saturated carbocycles. The third-order valence-electron chi connectivity index (χ3n) is 3.42. The van der Waals surface area contributed by atoms with Gasteiger partial charge in [0.15, 0.2) is 5.96 Å². The zero-order valence-electron chi connectivity index (χ0n) is 13.9. The molecule has 0 aromatic heterocycles. The number of guanidine groups is 1. The van der Waals surface area contributed by atoms with Crippen molar-refractivity contribution in [2.24, 2.45) is 10.9 Å². The number of rotatable bonds is 7. The Morgan fingerprint density at radius 3 is 2.70 bits per heavy atom. The van der Waals surface area contributed by atoms with Crippen LogP contribution < -0.4 is 10.6 Å². The number of likely N-dealkylation sites (tertiary alicyclic amines) is 1. The van der Waals surface area contributed by atoms with Crippen LogP contribution in [0.2, 0.25) is 0 Å². The predicted molar refractivity (Wildman–Crippen MR) is 96.5 cm³/mol. The first kappa shape index (κ1) is 22.7. The minimum absolute atomic E-state index is 0. The number of hydrogen-bond acceptors (Lipinski definition) is 3. The van der Waals surface area contributed by atoms with Crippen molar-refractivity contribution < 1.29 is 17.9 Å². The van der Waals surface area contributed by atoms with Crippen molar-refractivity contribution in [2.45, 2.75) is 32.5 Å². The first-order valence-corrected chi connectivity index (χ1v) is 7.67. The van der Waals surface area contributed by atoms with E-state index in [0.717, 1.165) is 13.0 Å². The van der Waals surface area contributed by atoms with Gasteiger partial charge in [-0.2, -0.15) is 13.2 Å². The minimum Gasteiger partial charge on any atom is -0.383 e. The van der Waals surface area contributed by atoms with Crippen LogP contribution in [0.4, 0.5) is 13.2 Å². The fourth-order valence-corrected chi connectivity index (χ4v) is 2.52. The fraction of sp³-hybridized carbons (Fsp3) is 0.929. The van der Waals surface area contributed by atoms with Gasteiger partial charge in [-0.3, -0.25) is 9.89 Å². The second-order valence-corrected chi connectivity index (χ2v) is 5.73. The van der Waals surface area contributed by atoms with Crippen molar-refractivity contribution in [3.8, 4) is 0 Å². The van der Waals surface area contributed by atoms with Crippen molar-refractivity contribution in [3.05, 3.63) is 0 Å². The molecule has 1 aliphatic rings. The average molecular weight is 452 g/mol. The zero-order valence-corrected chi connectivity index (χ0v) is 16.3. The molecule has 2 N–H and O–H groups in total. The first-order chi connectivity index (χ1) is 10.3. The number of halogens is 4. The number of nitrogens with one attached hydrogen (secondary N) is 2. The molecule has 0 aromatic carbocycles. The summed E-state index contributed by atoms with van der Waals surface area (Å²) in [6, 6.07) is 0.119. The summed E-state index contributed by atoms with van der Waals surface area (Å²) in [6.45, 7) is 5.90. The Morgan fingerprint density at radius 2 is 2.13 bits per heavy atom. The molecular formula is C14H28F3IN4O. The molecular weight excluding hydrogens is 424 g/mol. The molecule has 0 radical (unpaired) electrons. The van der Waals surface area contributed by atoms with Crippen LogP contribution in [0.15, 0.2) is 4.99 Å². The third kappa shape index (κ3) is 10.2. The molecule has 5 nitrogen and oxygen atoms in total. The summed E-state index contributed by atoms with van der Waals surface area (Å²) in [7, 11) is 1.63. The van der Waals surface area contributed by atoms with Gasteiger partial charge in [0.2, 0.25) is 0 Å². The Morgan fingerprint density at radius 1 is 1.43 bits per heavy atom. The highest BCUT2D eigenvalue weighted by Crippen LogP contribution is 2.22. The lowest BCUT2D eigenvalue weighted by Gasteiger charge is -2.18. The molecule has 1 rings (SSSR count). The van der Waals surface area contributed by atoms with Gasteiger partial charge in [-0.1, -0.05) is 0 Å². The Balaban J connectivity index is 0.00000484. The highest BCUT2D eigenvalue weighted by atomic mass is 127. The summed E-state index contributed by atoms with van der Waals surface area (Å²) in [6.07, 6.45) is -3.36. The Labute approximate surface area is 153 Å². The van der Waals surface area contributed by atoms with E-state index in [2.05, 4.69) is 15.6 Å². The molecule has 1 saturated heterocycles. The van der Waals surface area contributed by atoms with E-state index >= 15 is 0 Å². The van der Waals surface area contributed by atoms with Crippen molar-refractivity contribution in [1.82, 2.24) is 15.5 Å². The summed E-state index contributed by atoms with van der Waals surface area (Å²) < 4.78 is 42.2. The molecule has 0 amide bonds. The highest BCUT2D eigenvalue weighted by molar-refractivity contribution is 14.0. The van der Waals surface area contributed by atoms with Crippen LogP contribution in [-0.2, 0) is 4.74 Å². The summed E-state index contributed by atoms with van der Waals surface area (Å²) >= 11 is 0. The van der Waals surface area contributed by atoms with Gasteiger partial charge in [-0.25, -0.2) is 0 Å². The maximum Gasteiger partial charge on any atom is 0.401 e. The third-order valence-corrected chi connectivity index (χ3v) is 3.42. The van der Waals surface area contributed by atoms with Crippen LogP contribution in [0.25, 0.3) is 0 Å². The topological polar surface area (TPSA) is 48.9 Å². The van der Waals surface area contributed by atoms with Crippen LogP contribution in [0, 0.1) is 5.92 Å². The standard InChI is InChI=1S/C14H27F3N4O.HI/c1-4-18-13(20-11(2)9-22-3)19-7-12-5-6-21(8-12)10-14(15,16)17;/h11-12H,4-10H2,1-3H3,(H2,18,19,20);1H. The Hall–Kier alpha value is -0.290. The van der Waals surface area contributed by atoms with Crippen molar-refractivity contribution >= 4 is 29.9 Å². The molecule has 0 aliphatic carbocycles. The zero-order chi connectivity index (χ0) is 16.6. The fourth-order valence-electron chi connectivity index (χ4n) is 2.52. The van der Waals surface area contributed by atoms with E-state index in [4.69, 9.17) is 4.74 Å². The van der Waals surface area contributed by atoms with Gasteiger partial charge in [0, 0.05) is 32.8 Å². The van der Waals surface area contributed by atoms with E-state index in [0.29, 0.717) is 32.2 Å². The smallest absolute Gasteiger partial charge is 0.383 e. The molecule has 1 aliphatic heterocycles. The molecule has 1 heterocycles. The molecule has 23 heavy (non-hydrogen) atoms. The molecule has 0 spiro atoms. The number of aliphatic imine (C=N–C) groups is 1. The quantitative estimate of drug-likeness (QED) is 0.353. The van der Waals surface area contributed by atoms with Crippen LogP contribution in [0.3, 0.4) is 0 Å². The number of hydrogen-bond donors (Lipinski definition) is 2. The largest absolute Gasteiger partial charge is 0.401 e. The Kier molecular flexibility index (Phi) is 11.2. The lowest BCUT2D eigenvalue weighted by molar-refractivity contribution is -0.143. The molecule has 138 valence electrons. The van der Waals surface area contributed by atoms with Gasteiger partial charge in [0.1, 0.15) is 0 Å². The predicted octanol–water partition coefficient (Wildman–Crippen LogP) is 2.08. The van der Waals surface area contributed by atoms with E-state index in [1.807, 2.05) is 13.8 Å². The van der Waals surface area contributed by atoms with E-state index < -0.39 is 12.7 Å². The lowest BCUT2D eigenvalue weighted by atomic mass is 10.1. The van der Waals surface area contributed by atoms with E-state index in [9.17, 15) is 13.2 Å². The first-order valence-electron chi connectivity index (χ1n) is 7.67. The Bertz CT molecular complexity index is 355. The van der Waals surface area contributed by atoms with Gasteiger partial charge >= 0.3 is 6.18 Å². The van der Waals surface area contributed by atoms with Gasteiger partial charge in [0.25, 0.3) is 0 Å². The number of alkyl halides is 3. The van der Waals surface area contributed by atoms with Gasteiger partial charge in [-0.05, 0) is 32.7 Å². The highest BCUT2D eigenvalue weighted by Gasteiger charge is 2.34. The van der Waals surface area contributed by atoms with Crippen molar-refractivity contribution in [1.29, 1.82) is 0 Å². The van der Waals surface area contributed by atoms with Gasteiger partial charge < -0.3 is 15.4 Å². The molecule has 2 unspecified atom stereocenters. The van der Waals surface area contributed by atoms with Crippen molar-refractivity contribution in [3.63, 3.8) is 0 Å². The minimum atomic E-state index is -4.12. The number of ether oxygens (including phenoxy) is 1. The lowest BCUT2D eigenvalue weighted by Crippen LogP contribution is -2.44. The summed E-state index contributed by atoms with van der Waals surface area (Å²) in [5, 5.41) is 6.35. The second kappa shape index (κ2) is 11.3. The summed E-state index contributed by atoms with van der Waals surface area (Å²) in [4.78, 5) is 5.93. The molecule has 9 heteroatoms. The van der Waals surface area contributed by atoms with Crippen LogP contribution >= 0.6 is 24.0 Å². The number of nitrogens with zero attached hydrogens (tertiary/aromatic N) is 2. The maximum absolute atomic E-state index is 12.4. The van der Waals surface area contributed by atoms with Crippen LogP contribution in [0.5, 0.6) is 0 Å². The monoisotopic (exact) mass is 452 g/mol.